The number of nitriles is 1. The Morgan fingerprint density at radius 2 is 2.00 bits per heavy atom. The molecule has 1 aromatic carbocycles. The Kier molecular flexibility index (Phi) is 5.19. The van der Waals surface area contributed by atoms with Crippen molar-refractivity contribution in [3.05, 3.63) is 53.8 Å². The van der Waals surface area contributed by atoms with Crippen molar-refractivity contribution in [3.8, 4) is 6.07 Å². The van der Waals surface area contributed by atoms with E-state index in [1.165, 1.54) is 19.2 Å². The number of aryl methyl sites for hydroxylation is 1. The fourth-order valence-electron chi connectivity index (χ4n) is 1.94. The predicted molar refractivity (Wildman–Crippen MR) is 84.8 cm³/mol. The minimum absolute atomic E-state index is 0.0200. The summed E-state index contributed by atoms with van der Waals surface area (Å²) < 4.78 is 34.1. The summed E-state index contributed by atoms with van der Waals surface area (Å²) in [6.45, 7) is 1.86. The van der Waals surface area contributed by atoms with Crippen LogP contribution in [0.2, 0.25) is 0 Å². The van der Waals surface area contributed by atoms with Crippen LogP contribution in [0.15, 0.2) is 58.3 Å². The number of hydrogen-bond acceptors (Lipinski definition) is 6. The van der Waals surface area contributed by atoms with E-state index < -0.39 is 10.1 Å². The van der Waals surface area contributed by atoms with Gasteiger partial charge >= 0.3 is 10.1 Å². The van der Waals surface area contributed by atoms with E-state index in [2.05, 4.69) is 5.16 Å². The number of hydrogen-bond donors (Lipinski definition) is 0. The lowest BCUT2D eigenvalue weighted by Gasteiger charge is -2.14. The van der Waals surface area contributed by atoms with E-state index in [0.717, 1.165) is 5.56 Å². The molecule has 0 saturated carbocycles. The Labute approximate surface area is 135 Å². The molecule has 0 N–H and O–H groups in total. The Hall–Kier alpha value is -2.59. The van der Waals surface area contributed by atoms with Crippen LogP contribution in [-0.4, -0.2) is 21.2 Å². The van der Waals surface area contributed by atoms with Crippen LogP contribution < -0.4 is 0 Å². The first-order chi connectivity index (χ1) is 11.0. The highest BCUT2D eigenvalue weighted by Crippen LogP contribution is 2.20. The second-order valence-electron chi connectivity index (χ2n) is 4.94. The summed E-state index contributed by atoms with van der Waals surface area (Å²) >= 11 is 0. The molecule has 0 saturated heterocycles. The van der Waals surface area contributed by atoms with E-state index in [9.17, 15) is 8.42 Å². The Balaban J connectivity index is 2.25. The highest BCUT2D eigenvalue weighted by Gasteiger charge is 2.20. The average Bonchev–Trinajstić information content (AvgIpc) is 2.54. The second kappa shape index (κ2) is 7.11. The summed E-state index contributed by atoms with van der Waals surface area (Å²) in [5.74, 6) is 0.168. The van der Waals surface area contributed by atoms with Gasteiger partial charge in [0.2, 0.25) is 0 Å². The van der Waals surface area contributed by atoms with Gasteiger partial charge in [-0.1, -0.05) is 28.9 Å². The average molecular weight is 332 g/mol. The van der Waals surface area contributed by atoms with Crippen molar-refractivity contribution in [1.82, 2.24) is 0 Å². The first-order valence-corrected chi connectivity index (χ1v) is 8.26. The third-order valence-corrected chi connectivity index (χ3v) is 4.38. The van der Waals surface area contributed by atoms with Gasteiger partial charge in [-0.2, -0.15) is 13.7 Å². The van der Waals surface area contributed by atoms with Gasteiger partial charge < -0.3 is 4.74 Å². The van der Waals surface area contributed by atoms with Crippen molar-refractivity contribution in [2.75, 3.05) is 7.11 Å². The lowest BCUT2D eigenvalue weighted by Crippen LogP contribution is -2.15. The lowest BCUT2D eigenvalue weighted by molar-refractivity contribution is 0.304. The zero-order valence-electron chi connectivity index (χ0n) is 12.8. The van der Waals surface area contributed by atoms with Crippen LogP contribution in [0, 0.1) is 24.2 Å². The van der Waals surface area contributed by atoms with Gasteiger partial charge in [0.1, 0.15) is 10.7 Å². The molecule has 0 radical (unpaired) electrons. The molecule has 0 spiro atoms. The largest absolute Gasteiger partial charge is 0.497 e. The van der Waals surface area contributed by atoms with E-state index in [1.54, 1.807) is 30.4 Å². The van der Waals surface area contributed by atoms with Crippen molar-refractivity contribution in [1.29, 1.82) is 5.26 Å². The summed E-state index contributed by atoms with van der Waals surface area (Å²) in [6, 6.07) is 8.28. The first kappa shape index (κ1) is 16.8. The summed E-state index contributed by atoms with van der Waals surface area (Å²) in [5, 5.41) is 12.6. The molecule has 0 bridgehead atoms. The monoisotopic (exact) mass is 332 g/mol. The van der Waals surface area contributed by atoms with E-state index in [4.69, 9.17) is 14.3 Å². The summed E-state index contributed by atoms with van der Waals surface area (Å²) in [5.41, 5.74) is 1.26. The lowest BCUT2D eigenvalue weighted by atomic mass is 9.95. The molecular formula is C16H16N2O4S. The molecule has 0 fully saturated rings. The van der Waals surface area contributed by atoms with E-state index >= 15 is 0 Å². The molecule has 1 aromatic rings. The molecule has 6 nitrogen and oxygen atoms in total. The molecular weight excluding hydrogens is 316 g/mol. The molecule has 0 amide bonds. The first-order valence-electron chi connectivity index (χ1n) is 6.85. The van der Waals surface area contributed by atoms with Crippen LogP contribution in [0.1, 0.15) is 12.0 Å². The molecule has 1 aliphatic carbocycles. The fourth-order valence-corrected chi connectivity index (χ4v) is 2.68. The highest BCUT2D eigenvalue weighted by atomic mass is 32.2. The van der Waals surface area contributed by atoms with Crippen LogP contribution in [0.3, 0.4) is 0 Å². The molecule has 2 rings (SSSR count). The zero-order chi connectivity index (χ0) is 16.9. The fraction of sp³-hybridized carbons (Fsp3) is 0.250. The van der Waals surface area contributed by atoms with Crippen molar-refractivity contribution in [2.45, 2.75) is 18.2 Å². The topological polar surface area (TPSA) is 88.8 Å². The molecule has 7 heteroatoms. The smallest absolute Gasteiger partial charge is 0.358 e. The normalized spacial score (nSPS) is 19.1. The van der Waals surface area contributed by atoms with Gasteiger partial charge in [-0.05, 0) is 25.1 Å². The third-order valence-electron chi connectivity index (χ3n) is 3.26. The van der Waals surface area contributed by atoms with Gasteiger partial charge in [0.15, 0.2) is 0 Å². The maximum Gasteiger partial charge on any atom is 0.358 e. The van der Waals surface area contributed by atoms with Crippen LogP contribution in [0.25, 0.3) is 0 Å². The second-order valence-corrected chi connectivity index (χ2v) is 6.47. The van der Waals surface area contributed by atoms with Gasteiger partial charge in [0.25, 0.3) is 0 Å². The van der Waals surface area contributed by atoms with E-state index in [0.29, 0.717) is 11.5 Å². The number of oxime groups is 1. The Bertz CT molecular complexity index is 799. The molecule has 0 heterocycles. The standard InChI is InChI=1S/C16H16N2O4S/c1-12-3-7-15(8-4-12)23(19,20)22-18-16-11-14(21-2)6-5-13(16)9-10-17/h3-8,11,13H,9H2,1-2H3/b18-16-. The van der Waals surface area contributed by atoms with Crippen LogP contribution in [-0.2, 0) is 19.1 Å². The SMILES string of the molecule is COC1=C/C(=N/OS(=O)(=O)c2ccc(C)cc2)C(CC#N)C=C1. The number of allylic oxidation sites excluding steroid dienone is 3. The van der Waals surface area contributed by atoms with Crippen molar-refractivity contribution in [3.63, 3.8) is 0 Å². The number of ether oxygens (including phenoxy) is 1. The number of benzene rings is 1. The van der Waals surface area contributed by atoms with Crippen LogP contribution in [0.4, 0.5) is 0 Å². The van der Waals surface area contributed by atoms with Crippen LogP contribution >= 0.6 is 0 Å². The van der Waals surface area contributed by atoms with Crippen molar-refractivity contribution >= 4 is 15.8 Å². The minimum Gasteiger partial charge on any atom is -0.497 e. The van der Waals surface area contributed by atoms with E-state index in [-0.39, 0.29) is 17.2 Å². The van der Waals surface area contributed by atoms with Crippen LogP contribution in [0.5, 0.6) is 0 Å². The molecule has 0 aromatic heterocycles. The van der Waals surface area contributed by atoms with E-state index in [1.807, 2.05) is 13.0 Å². The number of nitrogens with zero attached hydrogens (tertiary/aromatic N) is 2. The summed E-state index contributed by atoms with van der Waals surface area (Å²) in [7, 11) is -2.52. The van der Waals surface area contributed by atoms with Crippen molar-refractivity contribution < 1.29 is 17.4 Å². The number of methoxy groups -OCH3 is 1. The third kappa shape index (κ3) is 4.20. The quantitative estimate of drug-likeness (QED) is 0.773. The van der Waals surface area contributed by atoms with Gasteiger partial charge in [-0.15, -0.1) is 0 Å². The highest BCUT2D eigenvalue weighted by molar-refractivity contribution is 7.86. The Morgan fingerprint density at radius 1 is 1.30 bits per heavy atom. The van der Waals surface area contributed by atoms with Gasteiger partial charge in [0, 0.05) is 18.4 Å². The zero-order valence-corrected chi connectivity index (χ0v) is 13.6. The van der Waals surface area contributed by atoms with Gasteiger partial charge in [0.05, 0.1) is 18.9 Å². The molecule has 1 atom stereocenters. The Morgan fingerprint density at radius 3 is 2.61 bits per heavy atom. The molecule has 0 aliphatic heterocycles. The summed E-state index contributed by atoms with van der Waals surface area (Å²) in [6.07, 6.45) is 5.14. The minimum atomic E-state index is -4.00. The molecule has 23 heavy (non-hydrogen) atoms. The maximum absolute atomic E-state index is 12.1. The number of rotatable bonds is 5. The maximum atomic E-state index is 12.1. The molecule has 1 aliphatic rings. The summed E-state index contributed by atoms with van der Waals surface area (Å²) in [4.78, 5) is 0.0200. The van der Waals surface area contributed by atoms with Gasteiger partial charge in [-0.3, -0.25) is 4.28 Å². The van der Waals surface area contributed by atoms with Gasteiger partial charge in [-0.25, -0.2) is 0 Å². The molecule has 1 unspecified atom stereocenters. The predicted octanol–water partition coefficient (Wildman–Crippen LogP) is 2.69. The van der Waals surface area contributed by atoms with Crippen molar-refractivity contribution in [2.24, 2.45) is 11.1 Å². The molecule has 120 valence electrons.